The molecule has 0 aliphatic carbocycles. The lowest BCUT2D eigenvalue weighted by molar-refractivity contribution is 0.601. The number of aryl methyl sites for hydroxylation is 1. The highest BCUT2D eigenvalue weighted by Gasteiger charge is 2.23. The van der Waals surface area contributed by atoms with E-state index in [1.165, 1.54) is 12.1 Å². The Labute approximate surface area is 123 Å². The van der Waals surface area contributed by atoms with Crippen molar-refractivity contribution in [3.8, 4) is 0 Å². The van der Waals surface area contributed by atoms with Crippen LogP contribution in [0.15, 0.2) is 17.0 Å². The summed E-state index contributed by atoms with van der Waals surface area (Å²) in [5, 5.41) is 8.36. The molecule has 0 bridgehead atoms. The Morgan fingerprint density at radius 3 is 2.53 bits per heavy atom. The Kier molecular flexibility index (Phi) is 3.86. The number of rotatable bonds is 3. The van der Waals surface area contributed by atoms with Crippen LogP contribution >= 0.6 is 34.5 Å². The van der Waals surface area contributed by atoms with Crippen molar-refractivity contribution in [1.29, 1.82) is 0 Å². The SMILES string of the molecule is Cc1nnc(NS(=O)(=O)c2c(N)cc(Cl)cc2Cl)s1. The van der Waals surface area contributed by atoms with E-state index < -0.39 is 10.0 Å². The molecular weight excluding hydrogens is 331 g/mol. The highest BCUT2D eigenvalue weighted by Crippen LogP contribution is 2.32. The number of halogens is 2. The normalized spacial score (nSPS) is 11.5. The molecule has 102 valence electrons. The molecule has 2 rings (SSSR count). The van der Waals surface area contributed by atoms with Gasteiger partial charge in [-0.2, -0.15) is 0 Å². The third-order valence-corrected chi connectivity index (χ3v) is 5.02. The summed E-state index contributed by atoms with van der Waals surface area (Å²) in [4.78, 5) is -0.230. The minimum Gasteiger partial charge on any atom is -0.398 e. The summed E-state index contributed by atoms with van der Waals surface area (Å²) in [6.45, 7) is 1.71. The average molecular weight is 339 g/mol. The first kappa shape index (κ1) is 14.3. The van der Waals surface area contributed by atoms with Crippen LogP contribution in [0.3, 0.4) is 0 Å². The molecule has 0 aliphatic rings. The molecule has 1 aromatic carbocycles. The lowest BCUT2D eigenvalue weighted by Crippen LogP contribution is -2.15. The Bertz CT molecular complexity index is 707. The number of hydrogen-bond donors (Lipinski definition) is 2. The van der Waals surface area contributed by atoms with Gasteiger partial charge in [0.1, 0.15) is 9.90 Å². The Balaban J connectivity index is 2.45. The molecule has 0 amide bonds. The van der Waals surface area contributed by atoms with Crippen molar-refractivity contribution in [3.63, 3.8) is 0 Å². The van der Waals surface area contributed by atoms with E-state index in [0.29, 0.717) is 5.01 Å². The van der Waals surface area contributed by atoms with Gasteiger partial charge in [-0.05, 0) is 19.1 Å². The molecule has 6 nitrogen and oxygen atoms in total. The van der Waals surface area contributed by atoms with Crippen molar-refractivity contribution in [2.45, 2.75) is 11.8 Å². The summed E-state index contributed by atoms with van der Waals surface area (Å²) in [6, 6.07) is 2.62. The fourth-order valence-corrected chi connectivity index (χ4v) is 4.18. The second-order valence-electron chi connectivity index (χ2n) is 3.54. The molecule has 0 saturated carbocycles. The van der Waals surface area contributed by atoms with Gasteiger partial charge in [-0.25, -0.2) is 8.42 Å². The lowest BCUT2D eigenvalue weighted by atomic mass is 10.3. The van der Waals surface area contributed by atoms with E-state index in [2.05, 4.69) is 14.9 Å². The summed E-state index contributed by atoms with van der Waals surface area (Å²) >= 11 is 12.7. The number of nitrogens with two attached hydrogens (primary N) is 1. The zero-order chi connectivity index (χ0) is 14.2. The summed E-state index contributed by atoms with van der Waals surface area (Å²) in [6.07, 6.45) is 0. The zero-order valence-electron chi connectivity index (χ0n) is 9.52. The van der Waals surface area contributed by atoms with Crippen molar-refractivity contribution in [2.75, 3.05) is 10.5 Å². The molecule has 19 heavy (non-hydrogen) atoms. The quantitative estimate of drug-likeness (QED) is 0.838. The first-order chi connectivity index (χ1) is 8.79. The van der Waals surface area contributed by atoms with E-state index in [1.807, 2.05) is 0 Å². The summed E-state index contributed by atoms with van der Waals surface area (Å²) in [5.74, 6) is 0. The van der Waals surface area contributed by atoms with Gasteiger partial charge in [0.15, 0.2) is 0 Å². The molecule has 1 aromatic heterocycles. The molecule has 0 spiro atoms. The summed E-state index contributed by atoms with van der Waals surface area (Å²) in [5.41, 5.74) is 5.61. The number of anilines is 2. The Morgan fingerprint density at radius 2 is 2.00 bits per heavy atom. The van der Waals surface area contributed by atoms with Crippen LogP contribution in [0.4, 0.5) is 10.8 Å². The largest absolute Gasteiger partial charge is 0.398 e. The van der Waals surface area contributed by atoms with Crippen LogP contribution in [0, 0.1) is 6.92 Å². The van der Waals surface area contributed by atoms with E-state index in [-0.39, 0.29) is 25.8 Å². The number of nitrogen functional groups attached to an aromatic ring is 1. The third-order valence-electron chi connectivity index (χ3n) is 2.05. The van der Waals surface area contributed by atoms with E-state index in [1.54, 1.807) is 6.92 Å². The monoisotopic (exact) mass is 338 g/mol. The zero-order valence-corrected chi connectivity index (χ0v) is 12.7. The van der Waals surface area contributed by atoms with Crippen LogP contribution in [0.2, 0.25) is 10.0 Å². The molecule has 2 aromatic rings. The van der Waals surface area contributed by atoms with Gasteiger partial charge in [0.25, 0.3) is 10.0 Å². The van der Waals surface area contributed by atoms with Crippen LogP contribution in [-0.2, 0) is 10.0 Å². The fourth-order valence-electron chi connectivity index (χ4n) is 1.37. The highest BCUT2D eigenvalue weighted by atomic mass is 35.5. The van der Waals surface area contributed by atoms with E-state index in [9.17, 15) is 8.42 Å². The molecule has 0 atom stereocenters. The van der Waals surface area contributed by atoms with Gasteiger partial charge in [0.05, 0.1) is 10.7 Å². The van der Waals surface area contributed by atoms with Crippen molar-refractivity contribution in [3.05, 3.63) is 27.2 Å². The second kappa shape index (κ2) is 5.12. The van der Waals surface area contributed by atoms with Crippen LogP contribution < -0.4 is 10.5 Å². The maximum Gasteiger partial charge on any atom is 0.267 e. The Morgan fingerprint density at radius 1 is 1.32 bits per heavy atom. The second-order valence-corrected chi connectivity index (χ2v) is 7.18. The van der Waals surface area contributed by atoms with Crippen molar-refractivity contribution < 1.29 is 8.42 Å². The smallest absolute Gasteiger partial charge is 0.267 e. The van der Waals surface area contributed by atoms with Gasteiger partial charge in [-0.15, -0.1) is 10.2 Å². The third kappa shape index (κ3) is 3.08. The average Bonchev–Trinajstić information content (AvgIpc) is 2.60. The van der Waals surface area contributed by atoms with Crippen LogP contribution in [0.1, 0.15) is 5.01 Å². The number of benzene rings is 1. The molecule has 0 radical (unpaired) electrons. The first-order valence-corrected chi connectivity index (χ1v) is 7.92. The minimum absolute atomic E-state index is 0.0359. The Hall–Kier alpha value is -1.09. The first-order valence-electron chi connectivity index (χ1n) is 4.87. The number of sulfonamides is 1. The molecule has 10 heteroatoms. The molecule has 1 heterocycles. The maximum atomic E-state index is 12.2. The van der Waals surface area contributed by atoms with E-state index >= 15 is 0 Å². The van der Waals surface area contributed by atoms with Gasteiger partial charge in [-0.3, -0.25) is 4.72 Å². The van der Waals surface area contributed by atoms with Crippen LogP contribution in [0.25, 0.3) is 0 Å². The van der Waals surface area contributed by atoms with Crippen molar-refractivity contribution in [2.24, 2.45) is 0 Å². The van der Waals surface area contributed by atoms with Crippen molar-refractivity contribution >= 4 is 55.4 Å². The molecule has 0 saturated heterocycles. The molecule has 0 unspecified atom stereocenters. The standard InChI is InChI=1S/C9H8Cl2N4O2S2/c1-4-13-14-9(18-4)15-19(16,17)8-6(11)2-5(10)3-7(8)12/h2-3H,12H2,1H3,(H,14,15). The minimum atomic E-state index is -3.94. The number of nitrogens with one attached hydrogen (secondary N) is 1. The van der Waals surface area contributed by atoms with Crippen LogP contribution in [0.5, 0.6) is 0 Å². The number of aromatic nitrogens is 2. The highest BCUT2D eigenvalue weighted by molar-refractivity contribution is 7.93. The fraction of sp³-hybridized carbons (Fsp3) is 0.111. The number of hydrogen-bond acceptors (Lipinski definition) is 6. The molecule has 3 N–H and O–H groups in total. The van der Waals surface area contributed by atoms with Crippen molar-refractivity contribution in [1.82, 2.24) is 10.2 Å². The van der Waals surface area contributed by atoms with Gasteiger partial charge >= 0.3 is 0 Å². The molecular formula is C9H8Cl2N4O2S2. The van der Waals surface area contributed by atoms with Crippen LogP contribution in [-0.4, -0.2) is 18.6 Å². The van der Waals surface area contributed by atoms with Gasteiger partial charge in [-0.1, -0.05) is 34.5 Å². The topological polar surface area (TPSA) is 98.0 Å². The van der Waals surface area contributed by atoms with Gasteiger partial charge in [0.2, 0.25) is 5.13 Å². The number of nitrogens with zero attached hydrogens (tertiary/aromatic N) is 2. The van der Waals surface area contributed by atoms with E-state index in [0.717, 1.165) is 11.3 Å². The van der Waals surface area contributed by atoms with Gasteiger partial charge < -0.3 is 5.73 Å². The maximum absolute atomic E-state index is 12.2. The molecule has 0 aliphatic heterocycles. The predicted molar refractivity (Wildman–Crippen MR) is 76.3 cm³/mol. The van der Waals surface area contributed by atoms with E-state index in [4.69, 9.17) is 28.9 Å². The summed E-state index contributed by atoms with van der Waals surface area (Å²) < 4.78 is 26.6. The van der Waals surface area contributed by atoms with Gasteiger partial charge in [0, 0.05) is 5.02 Å². The lowest BCUT2D eigenvalue weighted by Gasteiger charge is -2.10. The predicted octanol–water partition coefficient (Wildman–Crippen LogP) is 2.54. The summed E-state index contributed by atoms with van der Waals surface area (Å²) in [7, 11) is -3.94. The molecule has 0 fully saturated rings.